The summed E-state index contributed by atoms with van der Waals surface area (Å²) >= 11 is 0. The number of nitrogens with one attached hydrogen (secondary N) is 1. The van der Waals surface area contributed by atoms with E-state index in [1.54, 1.807) is 6.33 Å². The summed E-state index contributed by atoms with van der Waals surface area (Å²) in [5, 5.41) is 15.5. The molecule has 92 valence electrons. The van der Waals surface area contributed by atoms with Crippen LogP contribution in [0.5, 0.6) is 0 Å². The second kappa shape index (κ2) is 4.58. The van der Waals surface area contributed by atoms with Gasteiger partial charge in [0, 0.05) is 25.4 Å². The van der Waals surface area contributed by atoms with Gasteiger partial charge in [-0.3, -0.25) is 0 Å². The molecule has 0 saturated carbocycles. The molecule has 0 aliphatic carbocycles. The molecular weight excluding hydrogens is 228 g/mol. The zero-order chi connectivity index (χ0) is 12.4. The molecule has 0 unspecified atom stereocenters. The Kier molecular flexibility index (Phi) is 2.77. The van der Waals surface area contributed by atoms with Crippen LogP contribution in [0.3, 0.4) is 0 Å². The van der Waals surface area contributed by atoms with E-state index in [4.69, 9.17) is 0 Å². The molecule has 0 aliphatic heterocycles. The van der Waals surface area contributed by atoms with Gasteiger partial charge in [-0.1, -0.05) is 6.07 Å². The van der Waals surface area contributed by atoms with Crippen LogP contribution >= 0.6 is 0 Å². The lowest BCUT2D eigenvalue weighted by Crippen LogP contribution is -2.15. The van der Waals surface area contributed by atoms with Gasteiger partial charge in [0.25, 0.3) is 0 Å². The van der Waals surface area contributed by atoms with Crippen LogP contribution in [-0.2, 0) is 20.1 Å². The number of aromatic nitrogens is 5. The van der Waals surface area contributed by atoms with Crippen molar-refractivity contribution >= 4 is 5.52 Å². The van der Waals surface area contributed by atoms with Gasteiger partial charge in [0.1, 0.15) is 12.2 Å². The summed E-state index contributed by atoms with van der Waals surface area (Å²) < 4.78 is 3.78. The van der Waals surface area contributed by atoms with Crippen LogP contribution < -0.4 is 5.32 Å². The zero-order valence-corrected chi connectivity index (χ0v) is 10.1. The molecular formula is C12H14N6. The summed E-state index contributed by atoms with van der Waals surface area (Å²) in [6, 6.07) is 6.05. The predicted molar refractivity (Wildman–Crippen MR) is 66.7 cm³/mol. The molecule has 3 aromatic rings. The second-order valence-corrected chi connectivity index (χ2v) is 4.16. The van der Waals surface area contributed by atoms with E-state index in [0.717, 1.165) is 17.9 Å². The van der Waals surface area contributed by atoms with E-state index < -0.39 is 0 Å². The maximum Gasteiger partial charge on any atom is 0.146 e. The van der Waals surface area contributed by atoms with Gasteiger partial charge in [0.2, 0.25) is 0 Å². The van der Waals surface area contributed by atoms with Crippen molar-refractivity contribution in [3.8, 4) is 0 Å². The molecule has 3 aromatic heterocycles. The Morgan fingerprint density at radius 3 is 3.06 bits per heavy atom. The number of fused-ring (bicyclic) bond motifs is 1. The third-order valence-electron chi connectivity index (χ3n) is 2.91. The summed E-state index contributed by atoms with van der Waals surface area (Å²) in [4.78, 5) is 0. The number of aryl methyl sites for hydroxylation is 1. The summed E-state index contributed by atoms with van der Waals surface area (Å²) in [6.45, 7) is 1.46. The first-order valence-corrected chi connectivity index (χ1v) is 5.79. The van der Waals surface area contributed by atoms with Gasteiger partial charge in [0.05, 0.1) is 18.3 Å². The van der Waals surface area contributed by atoms with Crippen molar-refractivity contribution in [2.45, 2.75) is 13.1 Å². The average Bonchev–Trinajstić information content (AvgIpc) is 2.97. The summed E-state index contributed by atoms with van der Waals surface area (Å²) in [5.74, 6) is 0.923. The van der Waals surface area contributed by atoms with Gasteiger partial charge in [-0.05, 0) is 12.1 Å². The van der Waals surface area contributed by atoms with Crippen molar-refractivity contribution in [2.75, 3.05) is 0 Å². The fourth-order valence-electron chi connectivity index (χ4n) is 1.90. The van der Waals surface area contributed by atoms with Crippen LogP contribution in [-0.4, -0.2) is 24.4 Å². The number of hydrogen-bond donors (Lipinski definition) is 1. The number of pyridine rings is 1. The van der Waals surface area contributed by atoms with Crippen LogP contribution in [0.25, 0.3) is 5.52 Å². The van der Waals surface area contributed by atoms with Crippen molar-refractivity contribution < 1.29 is 0 Å². The van der Waals surface area contributed by atoms with Gasteiger partial charge in [-0.2, -0.15) is 5.10 Å². The molecule has 0 bridgehead atoms. The monoisotopic (exact) mass is 242 g/mol. The van der Waals surface area contributed by atoms with Gasteiger partial charge in [0.15, 0.2) is 0 Å². The van der Waals surface area contributed by atoms with E-state index in [2.05, 4.69) is 26.7 Å². The zero-order valence-electron chi connectivity index (χ0n) is 10.1. The van der Waals surface area contributed by atoms with Crippen molar-refractivity contribution in [1.82, 2.24) is 29.7 Å². The van der Waals surface area contributed by atoms with E-state index in [9.17, 15) is 0 Å². The average molecular weight is 242 g/mol. The van der Waals surface area contributed by atoms with Gasteiger partial charge >= 0.3 is 0 Å². The van der Waals surface area contributed by atoms with E-state index >= 15 is 0 Å². The first kappa shape index (κ1) is 10.9. The third-order valence-corrected chi connectivity index (χ3v) is 2.91. The van der Waals surface area contributed by atoms with Crippen LogP contribution in [0.4, 0.5) is 0 Å². The highest BCUT2D eigenvalue weighted by molar-refractivity contribution is 5.53. The van der Waals surface area contributed by atoms with Crippen molar-refractivity contribution in [1.29, 1.82) is 0 Å². The van der Waals surface area contributed by atoms with Crippen molar-refractivity contribution in [3.63, 3.8) is 0 Å². The summed E-state index contributed by atoms with van der Waals surface area (Å²) in [5.41, 5.74) is 2.31. The second-order valence-electron chi connectivity index (χ2n) is 4.16. The molecule has 0 radical (unpaired) electrons. The fraction of sp³-hybridized carbons (Fsp3) is 0.250. The maximum absolute atomic E-state index is 4.30. The lowest BCUT2D eigenvalue weighted by Gasteiger charge is -2.03. The first-order valence-electron chi connectivity index (χ1n) is 5.79. The van der Waals surface area contributed by atoms with Gasteiger partial charge in [-0.15, -0.1) is 10.2 Å². The van der Waals surface area contributed by atoms with E-state index in [1.165, 1.54) is 5.56 Å². The molecule has 0 amide bonds. The topological polar surface area (TPSA) is 60.0 Å². The molecule has 3 rings (SSSR count). The summed E-state index contributed by atoms with van der Waals surface area (Å²) in [6.07, 6.45) is 5.53. The minimum atomic E-state index is 0.695. The Balaban J connectivity index is 1.68. The smallest absolute Gasteiger partial charge is 0.146 e. The van der Waals surface area contributed by atoms with Gasteiger partial charge in [-0.25, -0.2) is 4.52 Å². The fourth-order valence-corrected chi connectivity index (χ4v) is 1.90. The molecule has 0 fully saturated rings. The Morgan fingerprint density at radius 1 is 1.28 bits per heavy atom. The Labute approximate surface area is 104 Å². The molecule has 18 heavy (non-hydrogen) atoms. The van der Waals surface area contributed by atoms with Crippen LogP contribution in [0.15, 0.2) is 36.9 Å². The molecule has 0 aliphatic rings. The third kappa shape index (κ3) is 1.98. The largest absolute Gasteiger partial charge is 0.320 e. The predicted octanol–water partition coefficient (Wildman–Crippen LogP) is 0.753. The Morgan fingerprint density at radius 2 is 2.22 bits per heavy atom. The number of nitrogens with zero attached hydrogens (tertiary/aromatic N) is 5. The normalized spacial score (nSPS) is 11.2. The quantitative estimate of drug-likeness (QED) is 0.733. The first-order chi connectivity index (χ1) is 8.84. The SMILES string of the molecule is Cn1cnnc1CNCc1cnn2ccccc12. The molecule has 1 N–H and O–H groups in total. The molecule has 6 nitrogen and oxygen atoms in total. The highest BCUT2D eigenvalue weighted by atomic mass is 15.3. The van der Waals surface area contributed by atoms with Crippen LogP contribution in [0.2, 0.25) is 0 Å². The van der Waals surface area contributed by atoms with Crippen molar-refractivity contribution in [2.24, 2.45) is 7.05 Å². The molecule has 0 spiro atoms. The Hall–Kier alpha value is -2.21. The molecule has 0 aromatic carbocycles. The molecule has 0 atom stereocenters. The van der Waals surface area contributed by atoms with Crippen LogP contribution in [0.1, 0.15) is 11.4 Å². The van der Waals surface area contributed by atoms with Crippen LogP contribution in [0, 0.1) is 0 Å². The molecule has 6 heteroatoms. The van der Waals surface area contributed by atoms with Crippen molar-refractivity contribution in [3.05, 3.63) is 48.3 Å². The Bertz CT molecular complexity index is 653. The summed E-state index contributed by atoms with van der Waals surface area (Å²) in [7, 11) is 1.94. The minimum absolute atomic E-state index is 0.695. The standard InChI is InChI=1S/C12H14N6/c1-17-9-14-16-12(17)8-13-6-10-7-15-18-5-3-2-4-11(10)18/h2-5,7,9,13H,6,8H2,1H3. The van der Waals surface area contributed by atoms with Gasteiger partial charge < -0.3 is 9.88 Å². The molecule has 3 heterocycles. The lowest BCUT2D eigenvalue weighted by molar-refractivity contribution is 0.639. The lowest BCUT2D eigenvalue weighted by atomic mass is 10.2. The number of hydrogen-bond acceptors (Lipinski definition) is 4. The maximum atomic E-state index is 4.30. The highest BCUT2D eigenvalue weighted by Crippen LogP contribution is 2.09. The number of rotatable bonds is 4. The van der Waals surface area contributed by atoms with E-state index in [1.807, 2.05) is 40.7 Å². The highest BCUT2D eigenvalue weighted by Gasteiger charge is 2.04. The molecule has 0 saturated heterocycles. The minimum Gasteiger partial charge on any atom is -0.320 e. The van der Waals surface area contributed by atoms with E-state index in [0.29, 0.717) is 6.54 Å². The van der Waals surface area contributed by atoms with E-state index in [-0.39, 0.29) is 0 Å².